The summed E-state index contributed by atoms with van der Waals surface area (Å²) >= 11 is 0. The van der Waals surface area contributed by atoms with E-state index in [-0.39, 0.29) is 11.7 Å². The van der Waals surface area contributed by atoms with Crippen molar-refractivity contribution in [3.8, 4) is 11.5 Å². The fourth-order valence-electron chi connectivity index (χ4n) is 2.50. The summed E-state index contributed by atoms with van der Waals surface area (Å²) in [6.07, 6.45) is 0.701. The first-order valence-corrected chi connectivity index (χ1v) is 6.87. The van der Waals surface area contributed by atoms with Crippen molar-refractivity contribution in [3.63, 3.8) is 0 Å². The van der Waals surface area contributed by atoms with E-state index in [1.165, 1.54) is 6.07 Å². The molecule has 0 aromatic heterocycles. The molecule has 0 bridgehead atoms. The topological polar surface area (TPSA) is 44.5 Å². The van der Waals surface area contributed by atoms with E-state index in [4.69, 9.17) is 15.2 Å². The van der Waals surface area contributed by atoms with E-state index in [0.717, 1.165) is 22.6 Å². The Morgan fingerprint density at radius 2 is 1.90 bits per heavy atom. The summed E-state index contributed by atoms with van der Waals surface area (Å²) in [6.45, 7) is 0.502. The molecule has 0 amide bonds. The average molecular weight is 289 g/mol. The first-order chi connectivity index (χ1) is 10.2. The summed E-state index contributed by atoms with van der Waals surface area (Å²) in [6, 6.07) is 12.2. The van der Waals surface area contributed by atoms with Gasteiger partial charge in [0.15, 0.2) is 0 Å². The number of ether oxygens (including phenoxy) is 2. The molecule has 0 radical (unpaired) electrons. The highest BCUT2D eigenvalue weighted by molar-refractivity contribution is 5.46. The van der Waals surface area contributed by atoms with Crippen molar-refractivity contribution in [1.29, 1.82) is 0 Å². The number of halogens is 1. The second-order valence-corrected chi connectivity index (χ2v) is 4.79. The van der Waals surface area contributed by atoms with Gasteiger partial charge in [0, 0.05) is 11.5 Å². The van der Waals surface area contributed by atoms with E-state index in [1.807, 2.05) is 24.3 Å². The third-order valence-corrected chi connectivity index (χ3v) is 3.52. The lowest BCUT2D eigenvalue weighted by Crippen LogP contribution is -2.10. The molecule has 2 aromatic rings. The summed E-state index contributed by atoms with van der Waals surface area (Å²) in [4.78, 5) is 0. The van der Waals surface area contributed by atoms with Crippen LogP contribution in [0.1, 0.15) is 23.5 Å². The minimum absolute atomic E-state index is 0.0317. The van der Waals surface area contributed by atoms with Crippen molar-refractivity contribution in [2.45, 2.75) is 12.3 Å². The maximum absolute atomic E-state index is 13.5. The highest BCUT2D eigenvalue weighted by Crippen LogP contribution is 2.36. The van der Waals surface area contributed by atoms with Gasteiger partial charge in [0.25, 0.3) is 0 Å². The number of hydrogen-bond donors (Lipinski definition) is 1. The van der Waals surface area contributed by atoms with Crippen molar-refractivity contribution in [2.24, 2.45) is 5.73 Å². The number of benzene rings is 2. The van der Waals surface area contributed by atoms with E-state index in [2.05, 4.69) is 0 Å². The van der Waals surface area contributed by atoms with Gasteiger partial charge in [0.1, 0.15) is 17.3 Å². The maximum Gasteiger partial charge on any atom is 0.123 e. The number of rotatable bonds is 6. The molecule has 4 heteroatoms. The zero-order valence-corrected chi connectivity index (χ0v) is 12.3. The molecule has 0 aliphatic rings. The Kier molecular flexibility index (Phi) is 5.17. The molecule has 1 atom stereocenters. The second kappa shape index (κ2) is 7.09. The van der Waals surface area contributed by atoms with Gasteiger partial charge >= 0.3 is 0 Å². The lowest BCUT2D eigenvalue weighted by Gasteiger charge is -2.20. The third kappa shape index (κ3) is 3.52. The number of nitrogens with two attached hydrogens (primary N) is 1. The van der Waals surface area contributed by atoms with Crippen LogP contribution in [0, 0.1) is 5.82 Å². The highest BCUT2D eigenvalue weighted by atomic mass is 19.1. The minimum Gasteiger partial charge on any atom is -0.497 e. The molecule has 21 heavy (non-hydrogen) atoms. The summed E-state index contributed by atoms with van der Waals surface area (Å²) in [5.74, 6) is 1.20. The van der Waals surface area contributed by atoms with Crippen LogP contribution >= 0.6 is 0 Å². The van der Waals surface area contributed by atoms with E-state index in [1.54, 1.807) is 26.4 Å². The molecule has 0 fully saturated rings. The third-order valence-electron chi connectivity index (χ3n) is 3.52. The first kappa shape index (κ1) is 15.3. The molecular weight excluding hydrogens is 269 g/mol. The van der Waals surface area contributed by atoms with Gasteiger partial charge in [0.05, 0.1) is 14.2 Å². The van der Waals surface area contributed by atoms with Crippen LogP contribution in [0.4, 0.5) is 4.39 Å². The van der Waals surface area contributed by atoms with Crippen LogP contribution in [0.3, 0.4) is 0 Å². The monoisotopic (exact) mass is 289 g/mol. The molecule has 2 N–H and O–H groups in total. The van der Waals surface area contributed by atoms with Crippen LogP contribution in [0.15, 0.2) is 42.5 Å². The summed E-state index contributed by atoms with van der Waals surface area (Å²) in [5.41, 5.74) is 7.57. The van der Waals surface area contributed by atoms with Crippen LogP contribution in [0.5, 0.6) is 11.5 Å². The van der Waals surface area contributed by atoms with Gasteiger partial charge in [-0.15, -0.1) is 0 Å². The second-order valence-electron chi connectivity index (χ2n) is 4.79. The average Bonchev–Trinajstić information content (AvgIpc) is 2.52. The molecule has 0 heterocycles. The fraction of sp³-hybridized carbons (Fsp3) is 0.294. The van der Waals surface area contributed by atoms with Crippen LogP contribution in [0.2, 0.25) is 0 Å². The summed E-state index contributed by atoms with van der Waals surface area (Å²) < 4.78 is 24.2. The zero-order chi connectivity index (χ0) is 15.2. The van der Waals surface area contributed by atoms with Crippen molar-refractivity contribution in [1.82, 2.24) is 0 Å². The lowest BCUT2D eigenvalue weighted by molar-refractivity contribution is 0.396. The van der Waals surface area contributed by atoms with E-state index in [0.29, 0.717) is 13.0 Å². The standard InChI is InChI=1S/C17H20FNO2/c1-20-14-6-7-17(21-2)16(11-14)15(8-9-19)12-4-3-5-13(18)10-12/h3-7,10-11,15H,8-9,19H2,1-2H3. The molecular formula is C17H20FNO2. The summed E-state index contributed by atoms with van der Waals surface area (Å²) in [7, 11) is 3.24. The molecule has 0 spiro atoms. The summed E-state index contributed by atoms with van der Waals surface area (Å²) in [5, 5.41) is 0. The van der Waals surface area contributed by atoms with E-state index in [9.17, 15) is 4.39 Å². The largest absolute Gasteiger partial charge is 0.497 e. The first-order valence-electron chi connectivity index (χ1n) is 6.87. The van der Waals surface area contributed by atoms with Crippen molar-refractivity contribution < 1.29 is 13.9 Å². The molecule has 112 valence electrons. The molecule has 0 saturated carbocycles. The van der Waals surface area contributed by atoms with Crippen LogP contribution < -0.4 is 15.2 Å². The SMILES string of the molecule is COc1ccc(OC)c(C(CCN)c2cccc(F)c2)c1. The molecule has 0 aliphatic heterocycles. The Morgan fingerprint density at radius 1 is 1.10 bits per heavy atom. The van der Waals surface area contributed by atoms with Gasteiger partial charge in [-0.2, -0.15) is 0 Å². The Hall–Kier alpha value is -2.07. The van der Waals surface area contributed by atoms with Gasteiger partial charge in [-0.25, -0.2) is 4.39 Å². The fourth-order valence-corrected chi connectivity index (χ4v) is 2.50. The number of methoxy groups -OCH3 is 2. The van der Waals surface area contributed by atoms with Gasteiger partial charge in [-0.3, -0.25) is 0 Å². The van der Waals surface area contributed by atoms with Crippen LogP contribution in [-0.2, 0) is 0 Å². The van der Waals surface area contributed by atoms with Gasteiger partial charge in [-0.05, 0) is 48.9 Å². The molecule has 2 rings (SSSR count). The normalized spacial score (nSPS) is 12.0. The van der Waals surface area contributed by atoms with E-state index >= 15 is 0 Å². The Balaban J connectivity index is 2.51. The van der Waals surface area contributed by atoms with Crippen LogP contribution in [-0.4, -0.2) is 20.8 Å². The highest BCUT2D eigenvalue weighted by Gasteiger charge is 2.19. The molecule has 3 nitrogen and oxygen atoms in total. The van der Waals surface area contributed by atoms with Crippen molar-refractivity contribution in [3.05, 3.63) is 59.4 Å². The van der Waals surface area contributed by atoms with Gasteiger partial charge in [0.2, 0.25) is 0 Å². The molecule has 0 aliphatic carbocycles. The van der Waals surface area contributed by atoms with Crippen molar-refractivity contribution >= 4 is 0 Å². The quantitative estimate of drug-likeness (QED) is 0.887. The van der Waals surface area contributed by atoms with Gasteiger partial charge < -0.3 is 15.2 Å². The Morgan fingerprint density at radius 3 is 2.52 bits per heavy atom. The lowest BCUT2D eigenvalue weighted by atomic mass is 9.87. The molecule has 1 unspecified atom stereocenters. The predicted octanol–water partition coefficient (Wildman–Crippen LogP) is 3.32. The minimum atomic E-state index is -0.253. The Bertz CT molecular complexity index is 601. The maximum atomic E-state index is 13.5. The van der Waals surface area contributed by atoms with Crippen LogP contribution in [0.25, 0.3) is 0 Å². The Labute approximate surface area is 124 Å². The smallest absolute Gasteiger partial charge is 0.123 e. The predicted molar refractivity (Wildman–Crippen MR) is 81.5 cm³/mol. The molecule has 2 aromatic carbocycles. The van der Waals surface area contributed by atoms with Crippen molar-refractivity contribution in [2.75, 3.05) is 20.8 Å². The van der Waals surface area contributed by atoms with E-state index < -0.39 is 0 Å². The van der Waals surface area contributed by atoms with Gasteiger partial charge in [-0.1, -0.05) is 12.1 Å². The zero-order valence-electron chi connectivity index (χ0n) is 12.3. The molecule has 0 saturated heterocycles. The number of hydrogen-bond acceptors (Lipinski definition) is 3.